The number of nitrogens with one attached hydrogen (secondary N) is 1. The van der Waals surface area contributed by atoms with E-state index < -0.39 is 0 Å². The zero-order valence-corrected chi connectivity index (χ0v) is 13.8. The van der Waals surface area contributed by atoms with Crippen LogP contribution in [-0.4, -0.2) is 28.2 Å². The van der Waals surface area contributed by atoms with E-state index in [0.717, 1.165) is 37.2 Å². The summed E-state index contributed by atoms with van der Waals surface area (Å²) in [7, 11) is 0. The van der Waals surface area contributed by atoms with E-state index in [1.807, 2.05) is 18.2 Å². The first-order valence-electron chi connectivity index (χ1n) is 8.87. The SMILES string of the molecule is O=C(NCc1nc2c(n1-c1ccccc1)CCCC2)C1CCCO1. The van der Waals surface area contributed by atoms with Gasteiger partial charge >= 0.3 is 0 Å². The van der Waals surface area contributed by atoms with E-state index in [0.29, 0.717) is 13.2 Å². The molecule has 5 heteroatoms. The first-order chi connectivity index (χ1) is 11.8. The van der Waals surface area contributed by atoms with Crippen LogP contribution in [0.25, 0.3) is 5.69 Å². The lowest BCUT2D eigenvalue weighted by Crippen LogP contribution is -2.34. The molecule has 2 heterocycles. The highest BCUT2D eigenvalue weighted by atomic mass is 16.5. The number of aryl methyl sites for hydroxylation is 1. The van der Waals surface area contributed by atoms with E-state index in [1.165, 1.54) is 24.2 Å². The third-order valence-electron chi connectivity index (χ3n) is 4.86. The molecule has 1 N–H and O–H groups in total. The van der Waals surface area contributed by atoms with E-state index in [-0.39, 0.29) is 12.0 Å². The molecule has 0 saturated carbocycles. The van der Waals surface area contributed by atoms with Gasteiger partial charge in [-0.15, -0.1) is 0 Å². The lowest BCUT2D eigenvalue weighted by atomic mass is 10.0. The molecular weight excluding hydrogens is 302 g/mol. The van der Waals surface area contributed by atoms with Gasteiger partial charge in [-0.05, 0) is 50.7 Å². The van der Waals surface area contributed by atoms with Gasteiger partial charge < -0.3 is 10.1 Å². The minimum atomic E-state index is -0.292. The first-order valence-corrected chi connectivity index (χ1v) is 8.87. The molecular formula is C19H23N3O2. The predicted octanol–water partition coefficient (Wildman–Crippen LogP) is 2.55. The molecule has 1 aromatic heterocycles. The first kappa shape index (κ1) is 15.4. The van der Waals surface area contributed by atoms with Crippen molar-refractivity contribution in [1.29, 1.82) is 0 Å². The smallest absolute Gasteiger partial charge is 0.249 e. The van der Waals surface area contributed by atoms with Crippen molar-refractivity contribution in [1.82, 2.24) is 14.9 Å². The quantitative estimate of drug-likeness (QED) is 0.940. The maximum atomic E-state index is 12.2. The number of hydrogen-bond donors (Lipinski definition) is 1. The van der Waals surface area contributed by atoms with Crippen molar-refractivity contribution < 1.29 is 9.53 Å². The Labute approximate surface area is 142 Å². The van der Waals surface area contributed by atoms with Gasteiger partial charge in [0.05, 0.1) is 12.2 Å². The Morgan fingerprint density at radius 2 is 2.04 bits per heavy atom. The largest absolute Gasteiger partial charge is 0.368 e. The van der Waals surface area contributed by atoms with Crippen molar-refractivity contribution in [2.24, 2.45) is 0 Å². The Kier molecular flexibility index (Phi) is 4.34. The second kappa shape index (κ2) is 6.77. The van der Waals surface area contributed by atoms with Crippen LogP contribution in [0.5, 0.6) is 0 Å². The third-order valence-corrected chi connectivity index (χ3v) is 4.86. The van der Waals surface area contributed by atoms with Gasteiger partial charge in [0.1, 0.15) is 11.9 Å². The molecule has 1 atom stereocenters. The van der Waals surface area contributed by atoms with Gasteiger partial charge in [-0.25, -0.2) is 4.98 Å². The number of para-hydroxylation sites is 1. The highest BCUT2D eigenvalue weighted by Gasteiger charge is 2.25. The number of benzene rings is 1. The summed E-state index contributed by atoms with van der Waals surface area (Å²) >= 11 is 0. The topological polar surface area (TPSA) is 56.2 Å². The van der Waals surface area contributed by atoms with Crippen LogP contribution in [0.4, 0.5) is 0 Å². The maximum Gasteiger partial charge on any atom is 0.249 e. The van der Waals surface area contributed by atoms with Crippen LogP contribution in [0, 0.1) is 0 Å². The molecule has 1 fully saturated rings. The van der Waals surface area contributed by atoms with E-state index in [1.54, 1.807) is 0 Å². The van der Waals surface area contributed by atoms with Crippen LogP contribution in [0.2, 0.25) is 0 Å². The number of rotatable bonds is 4. The molecule has 0 spiro atoms. The molecule has 0 bridgehead atoms. The van der Waals surface area contributed by atoms with Gasteiger partial charge in [0.15, 0.2) is 0 Å². The number of aromatic nitrogens is 2. The van der Waals surface area contributed by atoms with Crippen LogP contribution in [0.15, 0.2) is 30.3 Å². The van der Waals surface area contributed by atoms with E-state index >= 15 is 0 Å². The average molecular weight is 325 g/mol. The summed E-state index contributed by atoms with van der Waals surface area (Å²) in [6.07, 6.45) is 5.97. The van der Waals surface area contributed by atoms with Crippen molar-refractivity contribution in [2.75, 3.05) is 6.61 Å². The van der Waals surface area contributed by atoms with Gasteiger partial charge in [0.2, 0.25) is 5.91 Å². The average Bonchev–Trinajstić information content (AvgIpc) is 3.28. The molecule has 1 aromatic carbocycles. The normalized spacial score (nSPS) is 19.9. The van der Waals surface area contributed by atoms with Gasteiger partial charge in [-0.2, -0.15) is 0 Å². The van der Waals surface area contributed by atoms with Crippen LogP contribution in [0.1, 0.15) is 42.9 Å². The lowest BCUT2D eigenvalue weighted by Gasteiger charge is -2.16. The molecule has 1 amide bonds. The summed E-state index contributed by atoms with van der Waals surface area (Å²) in [6.45, 7) is 1.13. The number of nitrogens with zero attached hydrogens (tertiary/aromatic N) is 2. The fourth-order valence-electron chi connectivity index (χ4n) is 3.66. The maximum absolute atomic E-state index is 12.2. The predicted molar refractivity (Wildman–Crippen MR) is 91.0 cm³/mol. The summed E-state index contributed by atoms with van der Waals surface area (Å²) in [5.41, 5.74) is 3.61. The highest BCUT2D eigenvalue weighted by Crippen LogP contribution is 2.26. The van der Waals surface area contributed by atoms with Crippen LogP contribution in [0.3, 0.4) is 0 Å². The molecule has 0 radical (unpaired) electrons. The monoisotopic (exact) mass is 325 g/mol. The summed E-state index contributed by atoms with van der Waals surface area (Å²) in [4.78, 5) is 17.1. The standard InChI is InChI=1S/C19H23N3O2/c23-19(17-11-6-12-24-17)20-13-18-21-15-9-4-5-10-16(15)22(18)14-7-2-1-3-8-14/h1-3,7-8,17H,4-6,9-13H2,(H,20,23). The number of fused-ring (bicyclic) bond motifs is 1. The molecule has 126 valence electrons. The third kappa shape index (κ3) is 2.96. The van der Waals surface area contributed by atoms with E-state index in [4.69, 9.17) is 9.72 Å². The van der Waals surface area contributed by atoms with Gasteiger partial charge in [-0.1, -0.05) is 18.2 Å². The number of imidazole rings is 1. The van der Waals surface area contributed by atoms with E-state index in [9.17, 15) is 4.79 Å². The molecule has 24 heavy (non-hydrogen) atoms. The lowest BCUT2D eigenvalue weighted by molar-refractivity contribution is -0.130. The minimum absolute atomic E-state index is 0.0203. The van der Waals surface area contributed by atoms with Crippen molar-refractivity contribution in [3.63, 3.8) is 0 Å². The van der Waals surface area contributed by atoms with E-state index in [2.05, 4.69) is 22.0 Å². The fourth-order valence-corrected chi connectivity index (χ4v) is 3.66. The Hall–Kier alpha value is -2.14. The summed E-state index contributed by atoms with van der Waals surface area (Å²) in [5.74, 6) is 0.896. The van der Waals surface area contributed by atoms with Crippen molar-refractivity contribution in [2.45, 2.75) is 51.2 Å². The van der Waals surface area contributed by atoms with Crippen molar-refractivity contribution in [3.05, 3.63) is 47.5 Å². The zero-order valence-electron chi connectivity index (χ0n) is 13.8. The summed E-state index contributed by atoms with van der Waals surface area (Å²) in [5, 5.41) is 3.01. The molecule has 4 rings (SSSR count). The van der Waals surface area contributed by atoms with Crippen LogP contribution < -0.4 is 5.32 Å². The van der Waals surface area contributed by atoms with Gasteiger partial charge in [0, 0.05) is 18.0 Å². The summed E-state index contributed by atoms with van der Waals surface area (Å²) < 4.78 is 7.69. The number of ether oxygens (including phenoxy) is 1. The van der Waals surface area contributed by atoms with Crippen LogP contribution >= 0.6 is 0 Å². The number of amides is 1. The minimum Gasteiger partial charge on any atom is -0.368 e. The van der Waals surface area contributed by atoms with Gasteiger partial charge in [-0.3, -0.25) is 9.36 Å². The molecule has 1 aliphatic heterocycles. The molecule has 5 nitrogen and oxygen atoms in total. The zero-order chi connectivity index (χ0) is 16.4. The molecule has 2 aromatic rings. The molecule has 2 aliphatic rings. The molecule has 1 aliphatic carbocycles. The Balaban J connectivity index is 1.60. The second-order valence-electron chi connectivity index (χ2n) is 6.52. The number of carbonyl (C=O) groups is 1. The second-order valence-corrected chi connectivity index (χ2v) is 6.52. The Bertz CT molecular complexity index is 718. The number of hydrogen-bond acceptors (Lipinski definition) is 3. The Morgan fingerprint density at radius 1 is 1.21 bits per heavy atom. The molecule has 1 unspecified atom stereocenters. The molecule has 1 saturated heterocycles. The summed E-state index contributed by atoms with van der Waals surface area (Å²) in [6, 6.07) is 10.3. The Morgan fingerprint density at radius 3 is 2.83 bits per heavy atom. The number of carbonyl (C=O) groups excluding carboxylic acids is 1. The van der Waals surface area contributed by atoms with Crippen LogP contribution in [-0.2, 0) is 28.9 Å². The van der Waals surface area contributed by atoms with Gasteiger partial charge in [0.25, 0.3) is 0 Å². The fraction of sp³-hybridized carbons (Fsp3) is 0.474. The van der Waals surface area contributed by atoms with Crippen molar-refractivity contribution in [3.8, 4) is 5.69 Å². The highest BCUT2D eigenvalue weighted by molar-refractivity contribution is 5.80. The van der Waals surface area contributed by atoms with Crippen molar-refractivity contribution >= 4 is 5.91 Å².